The van der Waals surface area contributed by atoms with Crippen molar-refractivity contribution in [1.29, 1.82) is 0 Å². The number of rotatable bonds is 7. The van der Waals surface area contributed by atoms with Crippen LogP contribution in [0.2, 0.25) is 0 Å². The molecule has 2 unspecified atom stereocenters. The van der Waals surface area contributed by atoms with E-state index in [-0.39, 0.29) is 27.9 Å². The van der Waals surface area contributed by atoms with Crippen LogP contribution in [0, 0.1) is 0 Å². The summed E-state index contributed by atoms with van der Waals surface area (Å²) in [6.07, 6.45) is 3.04. The zero-order valence-electron chi connectivity index (χ0n) is 16.0. The summed E-state index contributed by atoms with van der Waals surface area (Å²) in [5.41, 5.74) is 0. The quantitative estimate of drug-likeness (QED) is 0.687. The van der Waals surface area contributed by atoms with E-state index < -0.39 is 10.0 Å². The summed E-state index contributed by atoms with van der Waals surface area (Å²) in [7, 11) is -3.57. The summed E-state index contributed by atoms with van der Waals surface area (Å²) in [5, 5.41) is 4.56. The topological polar surface area (TPSA) is 79.0 Å². The lowest BCUT2D eigenvalue weighted by Crippen LogP contribution is -2.46. The molecule has 1 aromatic heterocycles. The highest BCUT2D eigenvalue weighted by Crippen LogP contribution is 2.27. The van der Waals surface area contributed by atoms with Crippen LogP contribution in [-0.4, -0.2) is 75.0 Å². The first-order valence-electron chi connectivity index (χ1n) is 9.61. The molecule has 2 fully saturated rings. The summed E-state index contributed by atoms with van der Waals surface area (Å²) in [5.74, 6) is -0.300. The molecule has 0 saturated carbocycles. The Morgan fingerprint density at radius 1 is 1.26 bits per heavy atom. The van der Waals surface area contributed by atoms with Crippen molar-refractivity contribution in [3.05, 3.63) is 16.3 Å². The van der Waals surface area contributed by atoms with E-state index in [2.05, 4.69) is 24.1 Å². The van der Waals surface area contributed by atoms with Gasteiger partial charge in [-0.15, -0.1) is 11.3 Å². The Hall–Kier alpha value is -1.00. The van der Waals surface area contributed by atoms with Gasteiger partial charge in [0.2, 0.25) is 10.0 Å². The minimum absolute atomic E-state index is 0.141. The molecule has 3 rings (SSSR count). The van der Waals surface area contributed by atoms with E-state index in [0.717, 1.165) is 38.9 Å². The third-order valence-electron chi connectivity index (χ3n) is 4.95. The maximum absolute atomic E-state index is 12.8. The number of amides is 1. The molecule has 152 valence electrons. The van der Waals surface area contributed by atoms with Crippen LogP contribution in [0.3, 0.4) is 0 Å². The highest BCUT2D eigenvalue weighted by molar-refractivity contribution is 7.89. The van der Waals surface area contributed by atoms with E-state index in [0.29, 0.717) is 19.6 Å². The van der Waals surface area contributed by atoms with E-state index in [1.807, 2.05) is 0 Å². The van der Waals surface area contributed by atoms with Crippen molar-refractivity contribution in [2.75, 3.05) is 39.3 Å². The molecule has 0 radical (unpaired) electrons. The predicted octanol–water partition coefficient (Wildman–Crippen LogP) is 1.76. The van der Waals surface area contributed by atoms with Crippen LogP contribution < -0.4 is 5.32 Å². The molecule has 1 aromatic rings. The molecule has 0 spiro atoms. The number of hydrogen-bond acceptors (Lipinski definition) is 6. The molecule has 27 heavy (non-hydrogen) atoms. The Bertz CT molecular complexity index is 734. The van der Waals surface area contributed by atoms with Crippen LogP contribution >= 0.6 is 11.3 Å². The SMILES string of the molecule is CC1CN(CCCNC(=O)c2sccc2S(=O)(=O)N2CCCC2)CC(C)O1. The van der Waals surface area contributed by atoms with Crippen LogP contribution in [0.4, 0.5) is 0 Å². The summed E-state index contributed by atoms with van der Waals surface area (Å²) in [4.78, 5) is 15.3. The molecular weight excluding hydrogens is 386 g/mol. The van der Waals surface area contributed by atoms with Gasteiger partial charge in [0, 0.05) is 39.3 Å². The Morgan fingerprint density at radius 2 is 1.93 bits per heavy atom. The average molecular weight is 416 g/mol. The minimum Gasteiger partial charge on any atom is -0.373 e. The molecule has 0 bridgehead atoms. The number of ether oxygens (including phenoxy) is 1. The molecule has 1 N–H and O–H groups in total. The molecule has 7 nitrogen and oxygen atoms in total. The van der Waals surface area contributed by atoms with Crippen molar-refractivity contribution in [2.45, 2.75) is 50.2 Å². The average Bonchev–Trinajstić information content (AvgIpc) is 3.29. The molecule has 2 saturated heterocycles. The first kappa shape index (κ1) is 20.7. The number of carbonyl (C=O) groups excluding carboxylic acids is 1. The largest absolute Gasteiger partial charge is 0.373 e. The molecule has 1 amide bonds. The fraction of sp³-hybridized carbons (Fsp3) is 0.722. The van der Waals surface area contributed by atoms with Gasteiger partial charge < -0.3 is 10.1 Å². The number of thiophene rings is 1. The lowest BCUT2D eigenvalue weighted by molar-refractivity contribution is -0.0679. The highest BCUT2D eigenvalue weighted by Gasteiger charge is 2.31. The first-order chi connectivity index (χ1) is 12.9. The minimum atomic E-state index is -3.57. The number of nitrogens with zero attached hydrogens (tertiary/aromatic N) is 2. The molecular formula is C18H29N3O4S2. The molecule has 2 aliphatic heterocycles. The van der Waals surface area contributed by atoms with Gasteiger partial charge in [-0.25, -0.2) is 8.42 Å². The van der Waals surface area contributed by atoms with Gasteiger partial charge in [-0.3, -0.25) is 9.69 Å². The number of hydrogen-bond donors (Lipinski definition) is 1. The highest BCUT2D eigenvalue weighted by atomic mass is 32.2. The van der Waals surface area contributed by atoms with Gasteiger partial charge in [-0.2, -0.15) is 4.31 Å². The van der Waals surface area contributed by atoms with Crippen molar-refractivity contribution in [1.82, 2.24) is 14.5 Å². The molecule has 3 heterocycles. The van der Waals surface area contributed by atoms with Crippen LogP contribution in [0.15, 0.2) is 16.3 Å². The van der Waals surface area contributed by atoms with Gasteiger partial charge in [0.15, 0.2) is 0 Å². The fourth-order valence-electron chi connectivity index (χ4n) is 3.79. The van der Waals surface area contributed by atoms with Gasteiger partial charge in [0.1, 0.15) is 9.77 Å². The Kier molecular flexibility index (Phi) is 6.91. The van der Waals surface area contributed by atoms with E-state index in [1.165, 1.54) is 15.6 Å². The summed E-state index contributed by atoms with van der Waals surface area (Å²) in [6.45, 7) is 8.45. The third kappa shape index (κ3) is 5.08. The number of morpholine rings is 1. The van der Waals surface area contributed by atoms with Crippen LogP contribution in [-0.2, 0) is 14.8 Å². The lowest BCUT2D eigenvalue weighted by Gasteiger charge is -2.35. The fourth-order valence-corrected chi connectivity index (χ4v) is 6.62. The first-order valence-corrected chi connectivity index (χ1v) is 11.9. The smallest absolute Gasteiger partial charge is 0.262 e. The van der Waals surface area contributed by atoms with Gasteiger partial charge in [0.25, 0.3) is 5.91 Å². The van der Waals surface area contributed by atoms with E-state index in [1.54, 1.807) is 11.4 Å². The number of nitrogens with one attached hydrogen (secondary N) is 1. The van der Waals surface area contributed by atoms with Crippen molar-refractivity contribution < 1.29 is 17.9 Å². The van der Waals surface area contributed by atoms with Crippen molar-refractivity contribution >= 4 is 27.3 Å². The molecule has 0 aliphatic carbocycles. The van der Waals surface area contributed by atoms with Gasteiger partial charge in [-0.05, 0) is 44.6 Å². The summed E-state index contributed by atoms with van der Waals surface area (Å²) >= 11 is 1.19. The normalized spacial score (nSPS) is 25.0. The van der Waals surface area contributed by atoms with Crippen LogP contribution in [0.25, 0.3) is 0 Å². The number of sulfonamides is 1. The maximum Gasteiger partial charge on any atom is 0.262 e. The van der Waals surface area contributed by atoms with Crippen molar-refractivity contribution in [3.8, 4) is 0 Å². The van der Waals surface area contributed by atoms with Crippen molar-refractivity contribution in [3.63, 3.8) is 0 Å². The van der Waals surface area contributed by atoms with E-state index in [9.17, 15) is 13.2 Å². The summed E-state index contributed by atoms with van der Waals surface area (Å²) < 4.78 is 32.7. The second-order valence-electron chi connectivity index (χ2n) is 7.35. The number of carbonyl (C=O) groups is 1. The Balaban J connectivity index is 1.51. The van der Waals surface area contributed by atoms with Gasteiger partial charge >= 0.3 is 0 Å². The van der Waals surface area contributed by atoms with Gasteiger partial charge in [-0.1, -0.05) is 0 Å². The molecule has 2 aliphatic rings. The van der Waals surface area contributed by atoms with E-state index in [4.69, 9.17) is 4.74 Å². The Labute approximate surface area is 165 Å². The second kappa shape index (κ2) is 9.00. The van der Waals surface area contributed by atoms with Crippen molar-refractivity contribution in [2.24, 2.45) is 0 Å². The van der Waals surface area contributed by atoms with Gasteiger partial charge in [0.05, 0.1) is 12.2 Å². The van der Waals surface area contributed by atoms with Crippen LogP contribution in [0.5, 0.6) is 0 Å². The molecule has 2 atom stereocenters. The monoisotopic (exact) mass is 415 g/mol. The lowest BCUT2D eigenvalue weighted by atomic mass is 10.2. The molecule has 0 aromatic carbocycles. The maximum atomic E-state index is 12.8. The predicted molar refractivity (Wildman–Crippen MR) is 106 cm³/mol. The Morgan fingerprint density at radius 3 is 2.59 bits per heavy atom. The standard InChI is InChI=1S/C18H29N3O4S2/c1-14-12-20(13-15(2)25-14)8-5-7-19-18(22)17-16(6-11-26-17)27(23,24)21-9-3-4-10-21/h6,11,14-15H,3-5,7-10,12-13H2,1-2H3,(H,19,22). The van der Waals surface area contributed by atoms with E-state index >= 15 is 0 Å². The second-order valence-corrected chi connectivity index (χ2v) is 10.2. The zero-order chi connectivity index (χ0) is 19.4. The third-order valence-corrected chi connectivity index (χ3v) is 7.93. The molecule has 9 heteroatoms. The van der Waals surface area contributed by atoms with Crippen LogP contribution in [0.1, 0.15) is 42.8 Å². The zero-order valence-corrected chi connectivity index (χ0v) is 17.7. The summed E-state index contributed by atoms with van der Waals surface area (Å²) in [6, 6.07) is 1.55.